The van der Waals surface area contributed by atoms with E-state index in [9.17, 15) is 16.8 Å². The molecule has 1 aromatic carbocycles. The first kappa shape index (κ1) is 17.7. The van der Waals surface area contributed by atoms with Crippen LogP contribution in [0.4, 0.5) is 0 Å². The van der Waals surface area contributed by atoms with Crippen LogP contribution in [0.25, 0.3) is 0 Å². The van der Waals surface area contributed by atoms with Crippen LogP contribution in [0.3, 0.4) is 0 Å². The van der Waals surface area contributed by atoms with Gasteiger partial charge < -0.3 is 5.32 Å². The standard InChI is InChI=1S/C13H19ClN2O4S2/c1-21(17,18)7-8-22(19,20)16-6-5-15-10-13(16)11-3-2-4-12(14)9-11/h2-4,9,13,15H,5-8,10H2,1H3. The molecule has 1 aromatic rings. The molecule has 0 aliphatic carbocycles. The van der Waals surface area contributed by atoms with Crippen molar-refractivity contribution in [1.82, 2.24) is 9.62 Å². The zero-order valence-corrected chi connectivity index (χ0v) is 14.6. The van der Waals surface area contributed by atoms with Gasteiger partial charge >= 0.3 is 0 Å². The van der Waals surface area contributed by atoms with E-state index in [-0.39, 0.29) is 11.8 Å². The predicted octanol–water partition coefficient (Wildman–Crippen LogP) is 0.661. The Balaban J connectivity index is 2.26. The van der Waals surface area contributed by atoms with Crippen molar-refractivity contribution in [2.45, 2.75) is 6.04 Å². The van der Waals surface area contributed by atoms with Crippen LogP contribution < -0.4 is 5.32 Å². The van der Waals surface area contributed by atoms with Crippen molar-refractivity contribution in [2.75, 3.05) is 37.4 Å². The van der Waals surface area contributed by atoms with Gasteiger partial charge in [0.1, 0.15) is 9.84 Å². The molecule has 1 heterocycles. The Bertz CT molecular complexity index is 734. The fourth-order valence-electron chi connectivity index (χ4n) is 2.39. The third-order valence-corrected chi connectivity index (χ3v) is 6.81. The van der Waals surface area contributed by atoms with Crippen LogP contribution in [0.15, 0.2) is 24.3 Å². The van der Waals surface area contributed by atoms with Crippen LogP contribution in [-0.2, 0) is 19.9 Å². The van der Waals surface area contributed by atoms with Gasteiger partial charge in [-0.25, -0.2) is 16.8 Å². The smallest absolute Gasteiger partial charge is 0.215 e. The lowest BCUT2D eigenvalue weighted by atomic mass is 10.1. The second-order valence-electron chi connectivity index (χ2n) is 5.33. The lowest BCUT2D eigenvalue weighted by Crippen LogP contribution is -2.49. The minimum Gasteiger partial charge on any atom is -0.313 e. The van der Waals surface area contributed by atoms with Crippen LogP contribution in [0.2, 0.25) is 5.02 Å². The highest BCUT2D eigenvalue weighted by atomic mass is 35.5. The molecule has 1 fully saturated rings. The first-order chi connectivity index (χ1) is 10.2. The number of rotatable bonds is 5. The quantitative estimate of drug-likeness (QED) is 0.827. The molecule has 1 aliphatic heterocycles. The van der Waals surface area contributed by atoms with Gasteiger partial charge in [-0.2, -0.15) is 4.31 Å². The second-order valence-corrected chi connectivity index (χ2v) is 10.1. The number of halogens is 1. The molecule has 0 aromatic heterocycles. The largest absolute Gasteiger partial charge is 0.313 e. The van der Waals surface area contributed by atoms with Crippen molar-refractivity contribution in [3.8, 4) is 0 Å². The maximum Gasteiger partial charge on any atom is 0.215 e. The molecule has 0 saturated carbocycles. The van der Waals surface area contributed by atoms with E-state index in [1.807, 2.05) is 6.07 Å². The minimum atomic E-state index is -3.66. The van der Waals surface area contributed by atoms with Gasteiger partial charge in [0, 0.05) is 30.9 Å². The monoisotopic (exact) mass is 366 g/mol. The lowest BCUT2D eigenvalue weighted by molar-refractivity contribution is 0.272. The Labute approximate surface area is 136 Å². The Morgan fingerprint density at radius 3 is 2.64 bits per heavy atom. The van der Waals surface area contributed by atoms with Crippen LogP contribution in [0.1, 0.15) is 11.6 Å². The van der Waals surface area contributed by atoms with Gasteiger partial charge in [0.25, 0.3) is 0 Å². The average molecular weight is 367 g/mol. The van der Waals surface area contributed by atoms with Crippen molar-refractivity contribution in [2.24, 2.45) is 0 Å². The molecule has 2 rings (SSSR count). The first-order valence-electron chi connectivity index (χ1n) is 6.82. The molecule has 0 spiro atoms. The second kappa shape index (κ2) is 6.84. The van der Waals surface area contributed by atoms with E-state index in [0.29, 0.717) is 24.7 Å². The molecule has 1 N–H and O–H groups in total. The van der Waals surface area contributed by atoms with Crippen LogP contribution in [0.5, 0.6) is 0 Å². The zero-order valence-electron chi connectivity index (χ0n) is 12.2. The first-order valence-corrected chi connectivity index (χ1v) is 10.9. The summed E-state index contributed by atoms with van der Waals surface area (Å²) in [6.45, 7) is 1.32. The van der Waals surface area contributed by atoms with E-state index in [1.54, 1.807) is 18.2 Å². The SMILES string of the molecule is CS(=O)(=O)CCS(=O)(=O)N1CCNCC1c1cccc(Cl)c1. The molecule has 9 heteroatoms. The molecule has 0 amide bonds. The number of benzene rings is 1. The molecule has 22 heavy (non-hydrogen) atoms. The van der Waals surface area contributed by atoms with Crippen molar-refractivity contribution >= 4 is 31.5 Å². The topological polar surface area (TPSA) is 83.5 Å². The Morgan fingerprint density at radius 1 is 1.27 bits per heavy atom. The lowest BCUT2D eigenvalue weighted by Gasteiger charge is -2.35. The molecule has 1 unspecified atom stereocenters. The summed E-state index contributed by atoms with van der Waals surface area (Å²) >= 11 is 5.98. The van der Waals surface area contributed by atoms with Crippen molar-refractivity contribution < 1.29 is 16.8 Å². The highest BCUT2D eigenvalue weighted by Crippen LogP contribution is 2.27. The molecular weight excluding hydrogens is 348 g/mol. The molecule has 1 aliphatic rings. The van der Waals surface area contributed by atoms with Gasteiger partial charge in [-0.1, -0.05) is 23.7 Å². The minimum absolute atomic E-state index is 0.309. The van der Waals surface area contributed by atoms with Crippen LogP contribution >= 0.6 is 11.6 Å². The molecule has 1 atom stereocenters. The van der Waals surface area contributed by atoms with Crippen molar-refractivity contribution in [3.63, 3.8) is 0 Å². The number of hydrogen-bond donors (Lipinski definition) is 1. The summed E-state index contributed by atoms with van der Waals surface area (Å²) in [6.07, 6.45) is 1.04. The van der Waals surface area contributed by atoms with E-state index < -0.39 is 25.6 Å². The summed E-state index contributed by atoms with van der Waals surface area (Å²) in [6, 6.07) is 6.68. The molecule has 0 bridgehead atoms. The van der Waals surface area contributed by atoms with Crippen molar-refractivity contribution in [1.29, 1.82) is 0 Å². The normalized spacial score (nSPS) is 20.9. The van der Waals surface area contributed by atoms with E-state index in [2.05, 4.69) is 5.32 Å². The van der Waals surface area contributed by atoms with E-state index in [0.717, 1.165) is 11.8 Å². The molecule has 6 nitrogen and oxygen atoms in total. The molecule has 1 saturated heterocycles. The summed E-state index contributed by atoms with van der Waals surface area (Å²) in [5.74, 6) is -0.773. The van der Waals surface area contributed by atoms with Gasteiger partial charge in [0.2, 0.25) is 10.0 Å². The fourth-order valence-corrected chi connectivity index (χ4v) is 5.83. The van der Waals surface area contributed by atoms with Crippen LogP contribution in [-0.4, -0.2) is 58.5 Å². The van der Waals surface area contributed by atoms with Gasteiger partial charge in [0.05, 0.1) is 17.5 Å². The van der Waals surface area contributed by atoms with Gasteiger partial charge in [-0.05, 0) is 17.7 Å². The van der Waals surface area contributed by atoms with Crippen LogP contribution in [0, 0.1) is 0 Å². The third kappa shape index (κ3) is 4.66. The number of hydrogen-bond acceptors (Lipinski definition) is 5. The maximum atomic E-state index is 12.5. The summed E-state index contributed by atoms with van der Waals surface area (Å²) in [7, 11) is -6.98. The zero-order chi connectivity index (χ0) is 16.4. The Morgan fingerprint density at radius 2 is 2.00 bits per heavy atom. The number of piperazine rings is 1. The van der Waals surface area contributed by atoms with Gasteiger partial charge in [0.15, 0.2) is 0 Å². The predicted molar refractivity (Wildman–Crippen MR) is 87.3 cm³/mol. The van der Waals surface area contributed by atoms with Gasteiger partial charge in [-0.15, -0.1) is 0 Å². The maximum absolute atomic E-state index is 12.5. The van der Waals surface area contributed by atoms with E-state index in [1.165, 1.54) is 4.31 Å². The average Bonchev–Trinajstić information content (AvgIpc) is 2.45. The highest BCUT2D eigenvalue weighted by Gasteiger charge is 2.33. The molecule has 124 valence electrons. The summed E-state index contributed by atoms with van der Waals surface area (Å²) in [5, 5.41) is 3.70. The fraction of sp³-hybridized carbons (Fsp3) is 0.538. The van der Waals surface area contributed by atoms with Gasteiger partial charge in [-0.3, -0.25) is 0 Å². The Hall–Kier alpha value is -0.670. The summed E-state index contributed by atoms with van der Waals surface area (Å²) in [5.41, 5.74) is 0.794. The number of sulfone groups is 1. The highest BCUT2D eigenvalue weighted by molar-refractivity contribution is 7.93. The summed E-state index contributed by atoms with van der Waals surface area (Å²) in [4.78, 5) is 0. The third-order valence-electron chi connectivity index (χ3n) is 3.50. The Kier molecular flexibility index (Phi) is 5.50. The number of sulfonamides is 1. The molecule has 0 radical (unpaired) electrons. The van der Waals surface area contributed by atoms with Crippen molar-refractivity contribution in [3.05, 3.63) is 34.9 Å². The van der Waals surface area contributed by atoms with E-state index in [4.69, 9.17) is 11.6 Å². The van der Waals surface area contributed by atoms with E-state index >= 15 is 0 Å². The summed E-state index contributed by atoms with van der Waals surface area (Å²) < 4.78 is 48.9. The molecular formula is C13H19ClN2O4S2. The number of nitrogens with zero attached hydrogens (tertiary/aromatic N) is 1. The number of nitrogens with one attached hydrogen (secondary N) is 1.